The Balaban J connectivity index is 1.51. The van der Waals surface area contributed by atoms with E-state index in [1.54, 1.807) is 0 Å². The third-order valence-corrected chi connectivity index (χ3v) is 9.64. The molecular formula is C38H59NO3. The van der Waals surface area contributed by atoms with Gasteiger partial charge >= 0.3 is 5.97 Å². The maximum absolute atomic E-state index is 13.0. The third-order valence-electron chi connectivity index (χ3n) is 9.64. The number of ether oxygens (including phenoxy) is 2. The van der Waals surface area contributed by atoms with Crippen molar-refractivity contribution in [2.75, 3.05) is 0 Å². The van der Waals surface area contributed by atoms with Crippen LogP contribution < -0.4 is 15.2 Å². The second-order valence-electron chi connectivity index (χ2n) is 14.1. The Morgan fingerprint density at radius 2 is 1.48 bits per heavy atom. The first-order valence-corrected chi connectivity index (χ1v) is 16.7. The third kappa shape index (κ3) is 9.86. The first-order chi connectivity index (χ1) is 19.9. The van der Waals surface area contributed by atoms with Gasteiger partial charge in [0.15, 0.2) is 0 Å². The summed E-state index contributed by atoms with van der Waals surface area (Å²) >= 11 is 0. The first kappa shape index (κ1) is 34.2. The van der Waals surface area contributed by atoms with E-state index in [2.05, 4.69) is 48.5 Å². The van der Waals surface area contributed by atoms with Crippen molar-refractivity contribution in [3.05, 3.63) is 58.1 Å². The van der Waals surface area contributed by atoms with Gasteiger partial charge in [-0.05, 0) is 99.8 Å². The van der Waals surface area contributed by atoms with Crippen LogP contribution in [0.3, 0.4) is 0 Å². The number of benzene rings is 2. The summed E-state index contributed by atoms with van der Waals surface area (Å²) in [4.78, 5) is 13.0. The predicted molar refractivity (Wildman–Crippen MR) is 176 cm³/mol. The molecule has 42 heavy (non-hydrogen) atoms. The van der Waals surface area contributed by atoms with E-state index < -0.39 is 6.04 Å². The summed E-state index contributed by atoms with van der Waals surface area (Å²) < 4.78 is 12.7. The van der Waals surface area contributed by atoms with Crippen LogP contribution in [0.15, 0.2) is 30.3 Å². The van der Waals surface area contributed by atoms with E-state index in [1.807, 2.05) is 37.3 Å². The van der Waals surface area contributed by atoms with Gasteiger partial charge in [0, 0.05) is 5.56 Å². The van der Waals surface area contributed by atoms with E-state index in [9.17, 15) is 4.79 Å². The van der Waals surface area contributed by atoms with E-state index in [0.29, 0.717) is 12.2 Å². The first-order valence-electron chi connectivity index (χ1n) is 16.7. The number of nitrogens with two attached hydrogens (primary N) is 1. The highest BCUT2D eigenvalue weighted by molar-refractivity contribution is 5.79. The number of carbonyl (C=O) groups is 1. The Labute approximate surface area is 257 Å². The van der Waals surface area contributed by atoms with Crippen LogP contribution in [0.4, 0.5) is 0 Å². The van der Waals surface area contributed by atoms with Gasteiger partial charge in [0.25, 0.3) is 0 Å². The molecule has 2 N–H and O–H groups in total. The van der Waals surface area contributed by atoms with E-state index >= 15 is 0 Å². The fourth-order valence-electron chi connectivity index (χ4n) is 6.54. The number of hydrogen-bond acceptors (Lipinski definition) is 4. The van der Waals surface area contributed by atoms with Crippen molar-refractivity contribution in [1.82, 2.24) is 0 Å². The molecule has 0 spiro atoms. The summed E-state index contributed by atoms with van der Waals surface area (Å²) in [5.41, 5.74) is 11.3. The van der Waals surface area contributed by atoms with Gasteiger partial charge < -0.3 is 15.2 Å². The van der Waals surface area contributed by atoms with E-state index in [1.165, 1.54) is 56.9 Å². The fourth-order valence-corrected chi connectivity index (χ4v) is 6.54. The van der Waals surface area contributed by atoms with Crippen molar-refractivity contribution in [2.45, 2.75) is 144 Å². The highest BCUT2D eigenvalue weighted by Gasteiger charge is 2.35. The molecule has 0 bridgehead atoms. The van der Waals surface area contributed by atoms with Crippen LogP contribution in [-0.4, -0.2) is 17.6 Å². The summed E-state index contributed by atoms with van der Waals surface area (Å²) in [7, 11) is 0. The summed E-state index contributed by atoms with van der Waals surface area (Å²) in [5.74, 6) is 3.71. The minimum Gasteiger partial charge on any atom is -0.487 e. The summed E-state index contributed by atoms with van der Waals surface area (Å²) in [6.45, 7) is 18.0. The van der Waals surface area contributed by atoms with Gasteiger partial charge in [-0.15, -0.1) is 0 Å². The topological polar surface area (TPSA) is 61.5 Å². The zero-order valence-electron chi connectivity index (χ0n) is 28.0. The molecule has 2 aromatic carbocycles. The van der Waals surface area contributed by atoms with Crippen LogP contribution in [0.2, 0.25) is 0 Å². The summed E-state index contributed by atoms with van der Waals surface area (Å²) in [6.07, 6.45) is 14.1. The zero-order valence-corrected chi connectivity index (χ0v) is 28.0. The minimum absolute atomic E-state index is 0.155. The number of rotatable bonds is 16. The van der Waals surface area contributed by atoms with Gasteiger partial charge in [-0.1, -0.05) is 103 Å². The molecule has 3 unspecified atom stereocenters. The van der Waals surface area contributed by atoms with Gasteiger partial charge in [0.2, 0.25) is 0 Å². The standard InChI is InChI=1S/C38H59NO3/c1-26(2)15-12-16-27(3)17-13-18-28(4)19-14-23-38(8)24-22-33-31(7)35(29(5)30(6)36(33)42-38)41-37(40)34(39)25-32-20-10-9-11-21-32/h9-11,20-21,26-28,34H,12-19,22-25,39H2,1-8H3/t27?,28?,34-,38?/m0/s1. The van der Waals surface area contributed by atoms with Crippen molar-refractivity contribution in [2.24, 2.45) is 23.5 Å². The zero-order chi connectivity index (χ0) is 30.9. The quantitative estimate of drug-likeness (QED) is 0.159. The number of hydrogen-bond donors (Lipinski definition) is 1. The van der Waals surface area contributed by atoms with Gasteiger partial charge in [-0.25, -0.2) is 4.79 Å². The normalized spacial score (nSPS) is 18.7. The second kappa shape index (κ2) is 15.9. The van der Waals surface area contributed by atoms with Crippen molar-refractivity contribution < 1.29 is 14.3 Å². The lowest BCUT2D eigenvalue weighted by Crippen LogP contribution is -2.38. The van der Waals surface area contributed by atoms with Crippen LogP contribution in [-0.2, 0) is 17.6 Å². The van der Waals surface area contributed by atoms with Crippen LogP contribution in [0.25, 0.3) is 0 Å². The molecule has 4 nitrogen and oxygen atoms in total. The van der Waals surface area contributed by atoms with E-state index in [4.69, 9.17) is 15.2 Å². The lowest BCUT2D eigenvalue weighted by molar-refractivity contribution is -0.135. The van der Waals surface area contributed by atoms with E-state index in [0.717, 1.165) is 65.0 Å². The maximum atomic E-state index is 13.0. The average Bonchev–Trinajstić information content (AvgIpc) is 2.94. The Hall–Kier alpha value is -2.33. The van der Waals surface area contributed by atoms with Crippen molar-refractivity contribution >= 4 is 5.97 Å². The molecule has 0 radical (unpaired) electrons. The van der Waals surface area contributed by atoms with Crippen molar-refractivity contribution in [3.63, 3.8) is 0 Å². The lowest BCUT2D eigenvalue weighted by atomic mass is 9.83. The summed E-state index contributed by atoms with van der Waals surface area (Å²) in [6, 6.07) is 9.14. The molecule has 1 aliphatic heterocycles. The van der Waals surface area contributed by atoms with Crippen molar-refractivity contribution in [1.29, 1.82) is 0 Å². The van der Waals surface area contributed by atoms with Crippen LogP contribution >= 0.6 is 0 Å². The van der Waals surface area contributed by atoms with Crippen LogP contribution in [0.5, 0.6) is 11.5 Å². The average molecular weight is 578 g/mol. The number of carbonyl (C=O) groups excluding carboxylic acids is 1. The molecule has 234 valence electrons. The number of esters is 1. The maximum Gasteiger partial charge on any atom is 0.328 e. The molecule has 0 fully saturated rings. The molecule has 0 aliphatic carbocycles. The van der Waals surface area contributed by atoms with Gasteiger partial charge in [-0.3, -0.25) is 0 Å². The molecular weight excluding hydrogens is 518 g/mol. The molecule has 0 saturated heterocycles. The molecule has 1 aliphatic rings. The molecule has 0 amide bonds. The molecule has 1 heterocycles. The van der Waals surface area contributed by atoms with E-state index in [-0.39, 0.29) is 11.6 Å². The molecule has 3 rings (SSSR count). The fraction of sp³-hybridized carbons (Fsp3) is 0.658. The molecule has 4 atom stereocenters. The molecule has 0 aromatic heterocycles. The highest BCUT2D eigenvalue weighted by Crippen LogP contribution is 2.45. The van der Waals surface area contributed by atoms with Gasteiger partial charge in [-0.2, -0.15) is 0 Å². The molecule has 0 saturated carbocycles. The monoisotopic (exact) mass is 577 g/mol. The SMILES string of the molecule is Cc1c(C)c2c(c(C)c1OC(=O)[C@@H](N)Cc1ccccc1)CCC(C)(CCCC(C)CCCC(C)CCCC(C)C)O2. The second-order valence-corrected chi connectivity index (χ2v) is 14.1. The Morgan fingerprint density at radius 3 is 2.10 bits per heavy atom. The molecule has 2 aromatic rings. The Morgan fingerprint density at radius 1 is 0.881 bits per heavy atom. The smallest absolute Gasteiger partial charge is 0.328 e. The highest BCUT2D eigenvalue weighted by atomic mass is 16.5. The largest absolute Gasteiger partial charge is 0.487 e. The summed E-state index contributed by atoms with van der Waals surface area (Å²) in [5, 5.41) is 0. The Kier molecular flexibility index (Phi) is 13.0. The Bertz CT molecular complexity index is 1140. The van der Waals surface area contributed by atoms with Gasteiger partial charge in [0.05, 0.1) is 0 Å². The lowest BCUT2D eigenvalue weighted by Gasteiger charge is -2.38. The van der Waals surface area contributed by atoms with Crippen molar-refractivity contribution in [3.8, 4) is 11.5 Å². The minimum atomic E-state index is -0.706. The molecule has 4 heteroatoms. The van der Waals surface area contributed by atoms with Gasteiger partial charge in [0.1, 0.15) is 23.1 Å². The van der Waals surface area contributed by atoms with Crippen LogP contribution in [0.1, 0.15) is 127 Å². The number of fused-ring (bicyclic) bond motifs is 1. The predicted octanol–water partition coefficient (Wildman–Crippen LogP) is 9.61. The van der Waals surface area contributed by atoms with Crippen LogP contribution in [0, 0.1) is 38.5 Å².